The van der Waals surface area contributed by atoms with Crippen LogP contribution in [0.2, 0.25) is 0 Å². The van der Waals surface area contributed by atoms with E-state index in [2.05, 4.69) is 43.4 Å². The van der Waals surface area contributed by atoms with Crippen molar-refractivity contribution in [1.82, 2.24) is 15.1 Å². The van der Waals surface area contributed by atoms with Gasteiger partial charge in [0, 0.05) is 19.3 Å². The molecule has 3 heteroatoms. The van der Waals surface area contributed by atoms with Gasteiger partial charge in [0.05, 0.1) is 5.69 Å². The zero-order chi connectivity index (χ0) is 11.3. The van der Waals surface area contributed by atoms with Crippen LogP contribution in [-0.4, -0.2) is 22.9 Å². The molecule has 0 bridgehead atoms. The van der Waals surface area contributed by atoms with Crippen molar-refractivity contribution in [2.75, 3.05) is 13.1 Å². The van der Waals surface area contributed by atoms with Crippen molar-refractivity contribution in [2.45, 2.75) is 40.7 Å². The highest BCUT2D eigenvalue weighted by Crippen LogP contribution is 2.16. The second-order valence-electron chi connectivity index (χ2n) is 5.00. The molecule has 3 nitrogen and oxygen atoms in total. The average molecular weight is 209 g/mol. The van der Waals surface area contributed by atoms with Crippen LogP contribution in [0.15, 0.2) is 12.3 Å². The van der Waals surface area contributed by atoms with Gasteiger partial charge in [0.15, 0.2) is 0 Å². The van der Waals surface area contributed by atoms with E-state index in [4.69, 9.17) is 0 Å². The standard InChI is InChI=1S/C12H23N3/c1-5-7-13-9-12(3,4)10-15-8-6-11(2)14-15/h6,8,13H,5,7,9-10H2,1-4H3. The number of aromatic nitrogens is 2. The normalized spacial score (nSPS) is 12.0. The van der Waals surface area contributed by atoms with Crippen LogP contribution in [0.5, 0.6) is 0 Å². The van der Waals surface area contributed by atoms with Crippen molar-refractivity contribution in [3.05, 3.63) is 18.0 Å². The molecule has 0 aliphatic carbocycles. The van der Waals surface area contributed by atoms with Gasteiger partial charge in [0.1, 0.15) is 0 Å². The minimum absolute atomic E-state index is 0.258. The largest absolute Gasteiger partial charge is 0.316 e. The second-order valence-corrected chi connectivity index (χ2v) is 5.00. The number of nitrogens with one attached hydrogen (secondary N) is 1. The molecule has 0 aliphatic heterocycles. The summed E-state index contributed by atoms with van der Waals surface area (Å²) >= 11 is 0. The van der Waals surface area contributed by atoms with Gasteiger partial charge < -0.3 is 5.32 Å². The molecule has 1 rings (SSSR count). The molecule has 1 aromatic heterocycles. The van der Waals surface area contributed by atoms with Gasteiger partial charge in [0.25, 0.3) is 0 Å². The lowest BCUT2D eigenvalue weighted by atomic mass is 9.93. The maximum absolute atomic E-state index is 4.41. The summed E-state index contributed by atoms with van der Waals surface area (Å²) in [5.41, 5.74) is 1.35. The van der Waals surface area contributed by atoms with Crippen LogP contribution in [0.3, 0.4) is 0 Å². The Morgan fingerprint density at radius 3 is 2.73 bits per heavy atom. The van der Waals surface area contributed by atoms with E-state index in [0.29, 0.717) is 0 Å². The molecule has 0 unspecified atom stereocenters. The first-order chi connectivity index (χ1) is 7.03. The lowest BCUT2D eigenvalue weighted by Gasteiger charge is -2.24. The van der Waals surface area contributed by atoms with E-state index in [1.54, 1.807) is 0 Å². The van der Waals surface area contributed by atoms with Crippen LogP contribution in [0.4, 0.5) is 0 Å². The Morgan fingerprint density at radius 2 is 2.20 bits per heavy atom. The second kappa shape index (κ2) is 5.31. The molecule has 1 heterocycles. The smallest absolute Gasteiger partial charge is 0.0593 e. The molecule has 0 fully saturated rings. The van der Waals surface area contributed by atoms with Crippen molar-refractivity contribution in [3.63, 3.8) is 0 Å². The van der Waals surface area contributed by atoms with Crippen molar-refractivity contribution < 1.29 is 0 Å². The Morgan fingerprint density at radius 1 is 1.47 bits per heavy atom. The molecule has 86 valence electrons. The molecule has 0 atom stereocenters. The summed E-state index contributed by atoms with van der Waals surface area (Å²) in [5.74, 6) is 0. The minimum Gasteiger partial charge on any atom is -0.316 e. The summed E-state index contributed by atoms with van der Waals surface area (Å²) in [6, 6.07) is 2.05. The molecule has 15 heavy (non-hydrogen) atoms. The summed E-state index contributed by atoms with van der Waals surface area (Å²) in [6.07, 6.45) is 3.24. The molecular weight excluding hydrogens is 186 g/mol. The lowest BCUT2D eigenvalue weighted by Crippen LogP contribution is -2.33. The Hall–Kier alpha value is -0.830. The average Bonchev–Trinajstić information content (AvgIpc) is 2.50. The van der Waals surface area contributed by atoms with Crippen LogP contribution in [0.25, 0.3) is 0 Å². The summed E-state index contributed by atoms with van der Waals surface area (Å²) in [4.78, 5) is 0. The number of rotatable bonds is 6. The molecule has 0 saturated heterocycles. The Kier molecular flexibility index (Phi) is 4.33. The van der Waals surface area contributed by atoms with Crippen molar-refractivity contribution in [3.8, 4) is 0 Å². The molecule has 0 saturated carbocycles. The van der Waals surface area contributed by atoms with Crippen LogP contribution < -0.4 is 5.32 Å². The minimum atomic E-state index is 0.258. The summed E-state index contributed by atoms with van der Waals surface area (Å²) in [5, 5.41) is 7.87. The van der Waals surface area contributed by atoms with E-state index < -0.39 is 0 Å². The maximum Gasteiger partial charge on any atom is 0.0593 e. The van der Waals surface area contributed by atoms with Gasteiger partial charge in [-0.2, -0.15) is 5.10 Å². The van der Waals surface area contributed by atoms with Gasteiger partial charge in [-0.15, -0.1) is 0 Å². The van der Waals surface area contributed by atoms with E-state index in [9.17, 15) is 0 Å². The fraction of sp³-hybridized carbons (Fsp3) is 0.750. The molecule has 0 amide bonds. The summed E-state index contributed by atoms with van der Waals surface area (Å²) in [6.45, 7) is 11.9. The van der Waals surface area contributed by atoms with Gasteiger partial charge in [-0.3, -0.25) is 4.68 Å². The van der Waals surface area contributed by atoms with Gasteiger partial charge >= 0.3 is 0 Å². The number of nitrogens with zero attached hydrogens (tertiary/aromatic N) is 2. The van der Waals surface area contributed by atoms with Crippen LogP contribution >= 0.6 is 0 Å². The summed E-state index contributed by atoms with van der Waals surface area (Å²) < 4.78 is 2.03. The highest BCUT2D eigenvalue weighted by atomic mass is 15.3. The van der Waals surface area contributed by atoms with E-state index >= 15 is 0 Å². The Bertz CT molecular complexity index is 289. The number of aryl methyl sites for hydroxylation is 1. The SMILES string of the molecule is CCCNCC(C)(C)Cn1ccc(C)n1. The monoisotopic (exact) mass is 209 g/mol. The first-order valence-electron chi connectivity index (χ1n) is 5.74. The molecule has 0 aromatic carbocycles. The fourth-order valence-corrected chi connectivity index (χ4v) is 1.65. The van der Waals surface area contributed by atoms with E-state index in [1.807, 2.05) is 11.6 Å². The Balaban J connectivity index is 2.41. The van der Waals surface area contributed by atoms with Gasteiger partial charge in [-0.05, 0) is 31.4 Å². The van der Waals surface area contributed by atoms with Crippen molar-refractivity contribution >= 4 is 0 Å². The van der Waals surface area contributed by atoms with Gasteiger partial charge in [0.2, 0.25) is 0 Å². The molecular formula is C12H23N3. The van der Waals surface area contributed by atoms with Crippen molar-refractivity contribution in [2.24, 2.45) is 5.41 Å². The third-order valence-corrected chi connectivity index (χ3v) is 2.39. The van der Waals surface area contributed by atoms with Gasteiger partial charge in [-0.25, -0.2) is 0 Å². The topological polar surface area (TPSA) is 29.9 Å². The fourth-order valence-electron chi connectivity index (χ4n) is 1.65. The zero-order valence-corrected chi connectivity index (χ0v) is 10.4. The lowest BCUT2D eigenvalue weighted by molar-refractivity contribution is 0.276. The number of hydrogen-bond acceptors (Lipinski definition) is 2. The summed E-state index contributed by atoms with van der Waals surface area (Å²) in [7, 11) is 0. The Labute approximate surface area is 92.9 Å². The molecule has 1 N–H and O–H groups in total. The third-order valence-electron chi connectivity index (χ3n) is 2.39. The number of hydrogen-bond donors (Lipinski definition) is 1. The van der Waals surface area contributed by atoms with Crippen LogP contribution in [0, 0.1) is 12.3 Å². The predicted molar refractivity (Wildman–Crippen MR) is 63.9 cm³/mol. The van der Waals surface area contributed by atoms with Gasteiger partial charge in [-0.1, -0.05) is 20.8 Å². The maximum atomic E-state index is 4.41. The quantitative estimate of drug-likeness (QED) is 0.728. The van der Waals surface area contributed by atoms with Crippen LogP contribution in [0.1, 0.15) is 32.9 Å². The van der Waals surface area contributed by atoms with E-state index in [0.717, 1.165) is 25.3 Å². The predicted octanol–water partition coefficient (Wildman–Crippen LogP) is 2.22. The zero-order valence-electron chi connectivity index (χ0n) is 10.4. The third kappa shape index (κ3) is 4.47. The van der Waals surface area contributed by atoms with E-state index in [1.165, 1.54) is 6.42 Å². The highest BCUT2D eigenvalue weighted by Gasteiger charge is 2.18. The molecule has 0 aliphatic rings. The molecule has 0 radical (unpaired) electrons. The first-order valence-corrected chi connectivity index (χ1v) is 5.74. The van der Waals surface area contributed by atoms with Crippen LogP contribution in [-0.2, 0) is 6.54 Å². The highest BCUT2D eigenvalue weighted by molar-refractivity contribution is 4.95. The molecule has 0 spiro atoms. The first kappa shape index (κ1) is 12.2. The van der Waals surface area contributed by atoms with Crippen molar-refractivity contribution in [1.29, 1.82) is 0 Å². The van der Waals surface area contributed by atoms with E-state index in [-0.39, 0.29) is 5.41 Å². The molecule has 1 aromatic rings.